The minimum Gasteiger partial charge on any atom is -0.491 e. The third-order valence-corrected chi connectivity index (χ3v) is 5.84. The smallest absolute Gasteiger partial charge is 0.261 e. The summed E-state index contributed by atoms with van der Waals surface area (Å²) >= 11 is 0. The number of aryl methyl sites for hydroxylation is 2. The Morgan fingerprint density at radius 1 is 0.971 bits per heavy atom. The van der Waals surface area contributed by atoms with Crippen molar-refractivity contribution in [2.45, 2.75) is 46.6 Å². The molecule has 0 amide bonds. The number of hydrogen-bond donors (Lipinski definition) is 1. The van der Waals surface area contributed by atoms with Crippen LogP contribution in [0.1, 0.15) is 43.4 Å². The first-order valence-electron chi connectivity index (χ1n) is 11.7. The Balaban J connectivity index is 1.68. The summed E-state index contributed by atoms with van der Waals surface area (Å²) in [6.45, 7) is 7.89. The molecule has 174 valence electrons. The second-order valence-electron chi connectivity index (χ2n) is 8.70. The molecule has 5 heteroatoms. The van der Waals surface area contributed by atoms with Crippen LogP contribution in [-0.4, -0.2) is 15.7 Å². The van der Waals surface area contributed by atoms with Gasteiger partial charge in [0, 0.05) is 23.2 Å². The number of nitrogens with zero attached hydrogens (tertiary/aromatic N) is 2. The van der Waals surface area contributed by atoms with Gasteiger partial charge in [-0.3, -0.25) is 9.36 Å². The molecular formula is C29H31N3O2. The van der Waals surface area contributed by atoms with Gasteiger partial charge in [-0.25, -0.2) is 4.98 Å². The van der Waals surface area contributed by atoms with Gasteiger partial charge in [-0.2, -0.15) is 0 Å². The lowest BCUT2D eigenvalue weighted by atomic mass is 9.98. The summed E-state index contributed by atoms with van der Waals surface area (Å²) in [6.07, 6.45) is 1.32. The van der Waals surface area contributed by atoms with Gasteiger partial charge in [0.1, 0.15) is 11.6 Å². The number of nitrogen functional groups attached to an aromatic ring is 1. The lowest BCUT2D eigenvalue weighted by molar-refractivity contribution is 0.242. The van der Waals surface area contributed by atoms with E-state index in [9.17, 15) is 4.79 Å². The molecule has 0 aliphatic rings. The fraction of sp³-hybridized carbons (Fsp3) is 0.241. The molecule has 1 heterocycles. The molecule has 4 aromatic rings. The molecule has 0 bridgehead atoms. The van der Waals surface area contributed by atoms with Crippen LogP contribution in [0, 0.1) is 6.92 Å². The SMILES string of the molecule is CCc1nc(C)n(-c2ccc(OC(C)C)cc2)c(=O)c1Cc1ccc(-c2ccccc2N)cc1. The molecule has 1 aromatic heterocycles. The minimum atomic E-state index is -0.0294. The average Bonchev–Trinajstić information content (AvgIpc) is 2.82. The second kappa shape index (κ2) is 9.96. The molecular weight excluding hydrogens is 422 g/mol. The van der Waals surface area contributed by atoms with Crippen molar-refractivity contribution >= 4 is 5.69 Å². The zero-order chi connectivity index (χ0) is 24.2. The van der Waals surface area contributed by atoms with Crippen molar-refractivity contribution < 1.29 is 4.74 Å². The van der Waals surface area contributed by atoms with E-state index in [1.165, 1.54) is 0 Å². The summed E-state index contributed by atoms with van der Waals surface area (Å²) < 4.78 is 7.43. The van der Waals surface area contributed by atoms with Crippen LogP contribution in [0.5, 0.6) is 5.75 Å². The third kappa shape index (κ3) is 4.88. The van der Waals surface area contributed by atoms with Crippen LogP contribution >= 0.6 is 0 Å². The number of para-hydroxylation sites is 1. The zero-order valence-corrected chi connectivity index (χ0v) is 20.2. The van der Waals surface area contributed by atoms with Gasteiger partial charge in [0.05, 0.1) is 17.5 Å². The molecule has 0 saturated carbocycles. The van der Waals surface area contributed by atoms with Crippen LogP contribution in [0.4, 0.5) is 5.69 Å². The van der Waals surface area contributed by atoms with Crippen molar-refractivity contribution in [2.24, 2.45) is 0 Å². The molecule has 2 N–H and O–H groups in total. The Morgan fingerprint density at radius 3 is 2.26 bits per heavy atom. The van der Waals surface area contributed by atoms with Gasteiger partial charge >= 0.3 is 0 Å². The molecule has 34 heavy (non-hydrogen) atoms. The van der Waals surface area contributed by atoms with Crippen LogP contribution in [0.3, 0.4) is 0 Å². The Labute approximate surface area is 200 Å². The van der Waals surface area contributed by atoms with E-state index in [0.29, 0.717) is 18.7 Å². The number of ether oxygens (including phenoxy) is 1. The van der Waals surface area contributed by atoms with Crippen LogP contribution in [0.15, 0.2) is 77.6 Å². The van der Waals surface area contributed by atoms with Crippen molar-refractivity contribution in [1.29, 1.82) is 0 Å². The largest absolute Gasteiger partial charge is 0.491 e. The monoisotopic (exact) mass is 453 g/mol. The molecule has 0 unspecified atom stereocenters. The standard InChI is InChI=1S/C29H31N3O2/c1-5-28-26(18-21-10-12-22(13-11-21)25-8-6-7-9-27(25)30)29(33)32(20(4)31-28)23-14-16-24(17-15-23)34-19(2)3/h6-17,19H,5,18,30H2,1-4H3. The molecule has 3 aromatic carbocycles. The normalized spacial score (nSPS) is 11.1. The summed E-state index contributed by atoms with van der Waals surface area (Å²) in [6, 6.07) is 23.6. The molecule has 0 aliphatic carbocycles. The molecule has 0 saturated heterocycles. The Morgan fingerprint density at radius 2 is 1.65 bits per heavy atom. The van der Waals surface area contributed by atoms with Gasteiger partial charge in [-0.15, -0.1) is 0 Å². The topological polar surface area (TPSA) is 70.1 Å². The van der Waals surface area contributed by atoms with Gasteiger partial charge in [0.25, 0.3) is 5.56 Å². The number of anilines is 1. The second-order valence-corrected chi connectivity index (χ2v) is 8.70. The first-order valence-corrected chi connectivity index (χ1v) is 11.7. The van der Waals surface area contributed by atoms with E-state index in [4.69, 9.17) is 15.5 Å². The Kier molecular flexibility index (Phi) is 6.82. The summed E-state index contributed by atoms with van der Waals surface area (Å²) in [5.74, 6) is 1.46. The lowest BCUT2D eigenvalue weighted by Crippen LogP contribution is -2.28. The van der Waals surface area contributed by atoms with E-state index in [0.717, 1.165) is 45.1 Å². The molecule has 0 fully saturated rings. The summed E-state index contributed by atoms with van der Waals surface area (Å²) in [5, 5.41) is 0. The van der Waals surface area contributed by atoms with Crippen molar-refractivity contribution in [3.05, 3.63) is 106 Å². The average molecular weight is 454 g/mol. The maximum absolute atomic E-state index is 13.6. The quantitative estimate of drug-likeness (QED) is 0.363. The first kappa shape index (κ1) is 23.3. The highest BCUT2D eigenvalue weighted by molar-refractivity contribution is 5.76. The minimum absolute atomic E-state index is 0.0294. The van der Waals surface area contributed by atoms with Crippen LogP contribution in [-0.2, 0) is 12.8 Å². The van der Waals surface area contributed by atoms with Crippen LogP contribution < -0.4 is 16.0 Å². The van der Waals surface area contributed by atoms with Gasteiger partial charge < -0.3 is 10.5 Å². The van der Waals surface area contributed by atoms with Crippen LogP contribution in [0.2, 0.25) is 0 Å². The van der Waals surface area contributed by atoms with Crippen molar-refractivity contribution in [1.82, 2.24) is 9.55 Å². The maximum Gasteiger partial charge on any atom is 0.261 e. The Bertz CT molecular complexity index is 1340. The fourth-order valence-electron chi connectivity index (χ4n) is 4.20. The maximum atomic E-state index is 13.6. The first-order chi connectivity index (χ1) is 16.4. The number of rotatable bonds is 7. The van der Waals surface area contributed by atoms with Crippen molar-refractivity contribution in [2.75, 3.05) is 5.73 Å². The van der Waals surface area contributed by atoms with Crippen molar-refractivity contribution in [3.63, 3.8) is 0 Å². The van der Waals surface area contributed by atoms with E-state index in [2.05, 4.69) is 24.3 Å². The van der Waals surface area contributed by atoms with Gasteiger partial charge in [-0.05, 0) is 68.7 Å². The summed E-state index contributed by atoms with van der Waals surface area (Å²) in [5.41, 5.74) is 12.3. The van der Waals surface area contributed by atoms with E-state index in [1.54, 1.807) is 4.57 Å². The number of benzene rings is 3. The van der Waals surface area contributed by atoms with E-state index >= 15 is 0 Å². The highest BCUT2D eigenvalue weighted by atomic mass is 16.5. The summed E-state index contributed by atoms with van der Waals surface area (Å²) in [4.78, 5) is 18.4. The van der Waals surface area contributed by atoms with E-state index < -0.39 is 0 Å². The van der Waals surface area contributed by atoms with Crippen molar-refractivity contribution in [3.8, 4) is 22.6 Å². The van der Waals surface area contributed by atoms with Gasteiger partial charge in [-0.1, -0.05) is 49.4 Å². The van der Waals surface area contributed by atoms with E-state index in [1.807, 2.05) is 76.2 Å². The Hall–Kier alpha value is -3.86. The zero-order valence-electron chi connectivity index (χ0n) is 20.2. The van der Waals surface area contributed by atoms with E-state index in [-0.39, 0.29) is 11.7 Å². The van der Waals surface area contributed by atoms with Crippen LogP contribution in [0.25, 0.3) is 16.8 Å². The number of aromatic nitrogens is 2. The predicted octanol–water partition coefficient (Wildman–Crippen LogP) is 5.73. The number of nitrogens with two attached hydrogens (primary N) is 1. The molecule has 0 atom stereocenters. The predicted molar refractivity (Wildman–Crippen MR) is 139 cm³/mol. The molecule has 5 nitrogen and oxygen atoms in total. The number of hydrogen-bond acceptors (Lipinski definition) is 4. The summed E-state index contributed by atoms with van der Waals surface area (Å²) in [7, 11) is 0. The molecule has 0 spiro atoms. The molecule has 4 rings (SSSR count). The highest BCUT2D eigenvalue weighted by Gasteiger charge is 2.16. The third-order valence-electron chi connectivity index (χ3n) is 5.84. The highest BCUT2D eigenvalue weighted by Crippen LogP contribution is 2.26. The molecule has 0 aliphatic heterocycles. The lowest BCUT2D eigenvalue weighted by Gasteiger charge is -2.16. The van der Waals surface area contributed by atoms with Gasteiger partial charge in [0.15, 0.2) is 0 Å². The fourth-order valence-corrected chi connectivity index (χ4v) is 4.20. The van der Waals surface area contributed by atoms with Gasteiger partial charge in [0.2, 0.25) is 0 Å². The molecule has 0 radical (unpaired) electrons.